The zero-order chi connectivity index (χ0) is 24.7. The number of rotatable bonds is 12. The summed E-state index contributed by atoms with van der Waals surface area (Å²) in [5, 5.41) is 3.14. The van der Waals surface area contributed by atoms with Gasteiger partial charge in [-0.15, -0.1) is 0 Å². The van der Waals surface area contributed by atoms with E-state index < -0.39 is 46.2 Å². The van der Waals surface area contributed by atoms with Gasteiger partial charge in [-0.05, 0) is 80.4 Å². The summed E-state index contributed by atoms with van der Waals surface area (Å²) in [6.07, 6.45) is 1.87. The highest BCUT2D eigenvalue weighted by atomic mass is 16.6. The molecule has 0 aromatic carbocycles. The van der Waals surface area contributed by atoms with Gasteiger partial charge in [-0.2, -0.15) is 0 Å². The highest BCUT2D eigenvalue weighted by Crippen LogP contribution is 2.35. The Morgan fingerprint density at radius 1 is 0.871 bits per heavy atom. The van der Waals surface area contributed by atoms with Crippen molar-refractivity contribution in [2.45, 2.75) is 83.7 Å². The lowest BCUT2D eigenvalue weighted by molar-refractivity contribution is -0.193. The summed E-state index contributed by atoms with van der Waals surface area (Å²) in [5.74, 6) is -4.01. The van der Waals surface area contributed by atoms with Crippen molar-refractivity contribution in [3.05, 3.63) is 0 Å². The Balaban J connectivity index is 6.04. The first-order valence-electron chi connectivity index (χ1n) is 10.4. The van der Waals surface area contributed by atoms with Crippen LogP contribution < -0.4 is 34.0 Å². The Morgan fingerprint density at radius 3 is 1.68 bits per heavy atom. The van der Waals surface area contributed by atoms with Gasteiger partial charge in [-0.3, -0.25) is 14.4 Å². The molecule has 11 heteroatoms. The highest BCUT2D eigenvalue weighted by molar-refractivity contribution is 6.21. The van der Waals surface area contributed by atoms with E-state index in [1.54, 1.807) is 41.5 Å². The van der Waals surface area contributed by atoms with Crippen molar-refractivity contribution in [1.29, 1.82) is 0 Å². The Bertz CT molecular complexity index is 597. The van der Waals surface area contributed by atoms with E-state index in [1.165, 1.54) is 0 Å². The number of unbranched alkanes of at least 4 members (excludes halogenated alkanes) is 1. The van der Waals surface area contributed by atoms with Gasteiger partial charge >= 0.3 is 11.9 Å². The standard InChI is InChI=1S/C20H42N6O5/c1-17(2,3)30-15(28)19(14(23)27,16(29)31-18(4,5)6)20(24,25)13(22)9-12-26-11-8-7-10-21/h13,26H,7-12,21-22,24-25H2,1-6H3,(H2,23,27). The summed E-state index contributed by atoms with van der Waals surface area (Å²) in [4.78, 5) is 39.0. The van der Waals surface area contributed by atoms with Crippen molar-refractivity contribution < 1.29 is 23.9 Å². The third kappa shape index (κ3) is 8.00. The van der Waals surface area contributed by atoms with E-state index >= 15 is 0 Å². The minimum atomic E-state index is -2.85. The largest absolute Gasteiger partial charge is 0.459 e. The van der Waals surface area contributed by atoms with Gasteiger partial charge in [-0.1, -0.05) is 0 Å². The molecule has 31 heavy (non-hydrogen) atoms. The van der Waals surface area contributed by atoms with Crippen LogP contribution in [0.3, 0.4) is 0 Å². The average molecular weight is 447 g/mol. The van der Waals surface area contributed by atoms with E-state index in [4.69, 9.17) is 38.1 Å². The molecule has 0 saturated heterocycles. The molecule has 0 aliphatic heterocycles. The summed E-state index contributed by atoms with van der Waals surface area (Å²) in [6, 6.07) is -1.18. The maximum atomic E-state index is 13.2. The second-order valence-corrected chi connectivity index (χ2v) is 9.69. The summed E-state index contributed by atoms with van der Waals surface area (Å²) < 4.78 is 10.6. The van der Waals surface area contributed by atoms with Gasteiger partial charge in [0.15, 0.2) is 0 Å². The van der Waals surface area contributed by atoms with Crippen LogP contribution in [0.1, 0.15) is 60.8 Å². The number of amides is 1. The van der Waals surface area contributed by atoms with Gasteiger partial charge in [-0.25, -0.2) is 0 Å². The zero-order valence-corrected chi connectivity index (χ0v) is 19.7. The molecule has 0 aliphatic carbocycles. The molecule has 1 atom stereocenters. The van der Waals surface area contributed by atoms with Crippen molar-refractivity contribution in [3.8, 4) is 0 Å². The number of nitrogens with two attached hydrogens (primary N) is 5. The average Bonchev–Trinajstić information content (AvgIpc) is 2.54. The lowest BCUT2D eigenvalue weighted by atomic mass is 9.70. The quantitative estimate of drug-likeness (QED) is 0.0911. The van der Waals surface area contributed by atoms with Crippen LogP contribution in [0.2, 0.25) is 0 Å². The molecule has 1 amide bonds. The van der Waals surface area contributed by atoms with Gasteiger partial charge < -0.3 is 43.5 Å². The van der Waals surface area contributed by atoms with Crippen LogP contribution in [0.25, 0.3) is 0 Å². The summed E-state index contributed by atoms with van der Waals surface area (Å²) in [5.41, 5.74) is 22.3. The summed E-state index contributed by atoms with van der Waals surface area (Å²) >= 11 is 0. The fourth-order valence-electron chi connectivity index (χ4n) is 2.85. The third-order valence-electron chi connectivity index (χ3n) is 4.48. The van der Waals surface area contributed by atoms with Crippen molar-refractivity contribution in [3.63, 3.8) is 0 Å². The summed E-state index contributed by atoms with van der Waals surface area (Å²) in [7, 11) is 0. The van der Waals surface area contributed by atoms with Gasteiger partial charge in [0.25, 0.3) is 5.41 Å². The van der Waals surface area contributed by atoms with E-state index in [-0.39, 0.29) is 6.42 Å². The molecule has 0 rings (SSSR count). The van der Waals surface area contributed by atoms with Crippen LogP contribution in [0.4, 0.5) is 0 Å². The Kier molecular flexibility index (Phi) is 10.5. The molecule has 0 spiro atoms. The number of ether oxygens (including phenoxy) is 2. The van der Waals surface area contributed by atoms with E-state index in [9.17, 15) is 14.4 Å². The molecule has 0 aromatic heterocycles. The molecule has 0 radical (unpaired) electrons. The predicted molar refractivity (Wildman–Crippen MR) is 118 cm³/mol. The van der Waals surface area contributed by atoms with Crippen LogP contribution in [0.5, 0.6) is 0 Å². The normalized spacial score (nSPS) is 14.1. The van der Waals surface area contributed by atoms with Crippen molar-refractivity contribution in [2.75, 3.05) is 19.6 Å². The predicted octanol–water partition coefficient (Wildman–Crippen LogP) is -1.20. The SMILES string of the molecule is CC(C)(C)OC(=O)C(C(N)=O)(C(=O)OC(C)(C)C)C(N)(N)C(N)CCNCCCCN. The van der Waals surface area contributed by atoms with Crippen LogP contribution >= 0.6 is 0 Å². The maximum Gasteiger partial charge on any atom is 0.337 e. The lowest BCUT2D eigenvalue weighted by Crippen LogP contribution is -2.80. The van der Waals surface area contributed by atoms with Crippen molar-refractivity contribution >= 4 is 17.8 Å². The third-order valence-corrected chi connectivity index (χ3v) is 4.48. The molecule has 11 nitrogen and oxygen atoms in total. The first kappa shape index (κ1) is 29.2. The second-order valence-electron chi connectivity index (χ2n) is 9.69. The number of carbonyl (C=O) groups excluding carboxylic acids is 3. The first-order valence-corrected chi connectivity index (χ1v) is 10.4. The minimum absolute atomic E-state index is 0.149. The molecule has 11 N–H and O–H groups in total. The molecule has 0 saturated carbocycles. The van der Waals surface area contributed by atoms with E-state index in [1.807, 2.05) is 0 Å². The second kappa shape index (κ2) is 11.2. The van der Waals surface area contributed by atoms with Gasteiger partial charge in [0, 0.05) is 6.04 Å². The zero-order valence-electron chi connectivity index (χ0n) is 19.7. The molecular formula is C20H42N6O5. The molecule has 1 unspecified atom stereocenters. The molecule has 0 bridgehead atoms. The Hall–Kier alpha value is -1.79. The molecular weight excluding hydrogens is 404 g/mol. The molecule has 0 fully saturated rings. The molecule has 0 heterocycles. The number of hydrogen-bond acceptors (Lipinski definition) is 10. The van der Waals surface area contributed by atoms with E-state index in [0.29, 0.717) is 19.6 Å². The number of carbonyl (C=O) groups is 3. The van der Waals surface area contributed by atoms with Gasteiger partial charge in [0.2, 0.25) is 5.91 Å². The number of primary amides is 1. The smallest absolute Gasteiger partial charge is 0.337 e. The van der Waals surface area contributed by atoms with E-state index in [2.05, 4.69) is 5.32 Å². The monoisotopic (exact) mass is 446 g/mol. The molecule has 0 aliphatic rings. The Labute approximate surface area is 185 Å². The first-order chi connectivity index (χ1) is 13.9. The van der Waals surface area contributed by atoms with Crippen molar-refractivity contribution in [1.82, 2.24) is 5.32 Å². The number of nitrogens with one attached hydrogen (secondary N) is 1. The topological polar surface area (TPSA) is 212 Å². The number of hydrogen-bond donors (Lipinski definition) is 6. The van der Waals surface area contributed by atoms with Crippen LogP contribution in [0.15, 0.2) is 0 Å². The van der Waals surface area contributed by atoms with Crippen molar-refractivity contribution in [2.24, 2.45) is 34.1 Å². The van der Waals surface area contributed by atoms with Crippen LogP contribution in [-0.4, -0.2) is 60.4 Å². The van der Waals surface area contributed by atoms with E-state index in [0.717, 1.165) is 12.8 Å². The molecule has 0 aromatic rings. The maximum absolute atomic E-state index is 13.2. The van der Waals surface area contributed by atoms with Crippen LogP contribution in [0, 0.1) is 5.41 Å². The fourth-order valence-corrected chi connectivity index (χ4v) is 2.85. The fraction of sp³-hybridized carbons (Fsp3) is 0.850. The van der Waals surface area contributed by atoms with Gasteiger partial charge in [0.1, 0.15) is 16.9 Å². The Morgan fingerprint density at radius 2 is 1.32 bits per heavy atom. The highest BCUT2D eigenvalue weighted by Gasteiger charge is 2.68. The molecule has 182 valence electrons. The summed E-state index contributed by atoms with van der Waals surface area (Å²) in [6.45, 7) is 11.0. The lowest BCUT2D eigenvalue weighted by Gasteiger charge is -2.44. The van der Waals surface area contributed by atoms with Gasteiger partial charge in [0.05, 0.1) is 0 Å². The van der Waals surface area contributed by atoms with Crippen LogP contribution in [-0.2, 0) is 23.9 Å². The number of esters is 2. The minimum Gasteiger partial charge on any atom is -0.459 e.